The zero-order valence-corrected chi connectivity index (χ0v) is 31.6. The molecule has 2 bridgehead atoms. The Balaban J connectivity index is 1.16. The highest BCUT2D eigenvalue weighted by Gasteiger charge is 2.69. The molecule has 8 rings (SSSR count). The second kappa shape index (κ2) is 15.5. The van der Waals surface area contributed by atoms with Gasteiger partial charge in [-0.15, -0.1) is 0 Å². The van der Waals surface area contributed by atoms with Crippen LogP contribution < -0.4 is 11.1 Å². The second-order valence-corrected chi connectivity index (χ2v) is 17.7. The first-order valence-electron chi connectivity index (χ1n) is 20.2. The largest absolute Gasteiger partial charge is 0.478 e. The van der Waals surface area contributed by atoms with Crippen LogP contribution in [0.15, 0.2) is 0 Å². The molecule has 324 valence electrons. The zero-order valence-electron chi connectivity index (χ0n) is 31.6. The van der Waals surface area contributed by atoms with Crippen molar-refractivity contribution in [3.63, 3.8) is 0 Å². The van der Waals surface area contributed by atoms with E-state index in [2.05, 4.69) is 17.2 Å². The van der Waals surface area contributed by atoms with E-state index in [1.165, 1.54) is 0 Å². The number of aliphatic hydroxyl groups is 9. The summed E-state index contributed by atoms with van der Waals surface area (Å²) in [5, 5.41) is 113. The number of nitrogens with two attached hydrogens (primary N) is 1. The molecule has 13 N–H and O–H groups in total. The molecule has 6 heterocycles. The zero-order chi connectivity index (χ0) is 41.6. The first-order chi connectivity index (χ1) is 27.4. The number of fused-ring (bicyclic) bond motifs is 4. The van der Waals surface area contributed by atoms with Crippen molar-refractivity contribution >= 4 is 17.7 Å². The fraction of sp³-hybridized carbons (Fsp3) is 0.868. The summed E-state index contributed by atoms with van der Waals surface area (Å²) in [6.07, 6.45) is -20.5. The summed E-state index contributed by atoms with van der Waals surface area (Å²) in [5.74, 6) is -3.96. The molecule has 2 saturated carbocycles. The van der Waals surface area contributed by atoms with Crippen molar-refractivity contribution in [1.82, 2.24) is 5.32 Å². The number of carboxylic acid groups (broad SMARTS) is 1. The van der Waals surface area contributed by atoms with Crippen molar-refractivity contribution < 1.29 is 89.1 Å². The number of hydrogen-bond acceptors (Lipinski definition) is 19. The fourth-order valence-corrected chi connectivity index (χ4v) is 11.1. The number of nitrogens with one attached hydrogen (secondary N) is 1. The summed E-state index contributed by atoms with van der Waals surface area (Å²) in [4.78, 5) is 40.7. The predicted molar refractivity (Wildman–Crippen MR) is 188 cm³/mol. The molecule has 20 heteroatoms. The lowest BCUT2D eigenvalue weighted by Gasteiger charge is -2.55. The van der Waals surface area contributed by atoms with Gasteiger partial charge in [-0.3, -0.25) is 4.79 Å². The molecule has 22 atom stereocenters. The van der Waals surface area contributed by atoms with Crippen molar-refractivity contribution in [2.45, 2.75) is 167 Å². The van der Waals surface area contributed by atoms with Crippen LogP contribution in [0.1, 0.15) is 64.2 Å². The van der Waals surface area contributed by atoms with E-state index >= 15 is 0 Å². The molecule has 6 aliphatic heterocycles. The van der Waals surface area contributed by atoms with Gasteiger partial charge in [0.05, 0.1) is 55.1 Å². The van der Waals surface area contributed by atoms with Gasteiger partial charge in [0.15, 0.2) is 5.79 Å². The SMILES string of the molecule is NC1CCC(C2CC[C@]3(OC4CC5OC(C6CCC(O)C(O)C6)CC(=O)C5C(O)C42)O[C@@]2(CC#C[C@@]4(C(=O)O)O[C@H](OC2=O)[C@H](O)[C@@H](O)[C@@H]4O)[C@@H](O)[C@H](O)[C@H]3O)CN1. The number of rotatable bonds is 3. The van der Waals surface area contributed by atoms with Gasteiger partial charge in [-0.1, -0.05) is 11.8 Å². The summed E-state index contributed by atoms with van der Waals surface area (Å²) in [6.45, 7) is 0.439. The monoisotopic (exact) mass is 826 g/mol. The Hall–Kier alpha value is -2.43. The molecule has 0 aromatic heterocycles. The number of carbonyl (C=O) groups excluding carboxylic acids is 2. The van der Waals surface area contributed by atoms with E-state index in [-0.39, 0.29) is 55.9 Å². The summed E-state index contributed by atoms with van der Waals surface area (Å²) in [6, 6.07) is 0. The first kappa shape index (κ1) is 42.3. The summed E-state index contributed by atoms with van der Waals surface area (Å²) in [5.41, 5.74) is 0.479. The maximum absolute atomic E-state index is 14.3. The molecule has 0 aromatic carbocycles. The molecular weight excluding hydrogens is 772 g/mol. The molecule has 5 saturated heterocycles. The van der Waals surface area contributed by atoms with Crippen LogP contribution in [-0.4, -0.2) is 178 Å². The highest BCUT2D eigenvalue weighted by Crippen LogP contribution is 2.54. The van der Waals surface area contributed by atoms with Crippen LogP contribution >= 0.6 is 0 Å². The van der Waals surface area contributed by atoms with Crippen molar-refractivity contribution in [3.8, 4) is 11.8 Å². The summed E-state index contributed by atoms with van der Waals surface area (Å²) in [7, 11) is 0. The topological polar surface area (TPSA) is 338 Å². The van der Waals surface area contributed by atoms with Crippen molar-refractivity contribution in [2.75, 3.05) is 6.54 Å². The third-order valence-electron chi connectivity index (χ3n) is 14.4. The van der Waals surface area contributed by atoms with Gasteiger partial charge >= 0.3 is 11.9 Å². The maximum Gasteiger partial charge on any atom is 0.351 e. The molecule has 12 unspecified atom stereocenters. The Kier molecular flexibility index (Phi) is 11.3. The quantitative estimate of drug-likeness (QED) is 0.0937. The van der Waals surface area contributed by atoms with Crippen LogP contribution in [-0.2, 0) is 38.1 Å². The average Bonchev–Trinajstić information content (AvgIpc) is 3.31. The Labute approximate surface area is 332 Å². The molecule has 0 amide bonds. The number of esters is 1. The highest BCUT2D eigenvalue weighted by molar-refractivity contribution is 5.85. The van der Waals surface area contributed by atoms with Crippen LogP contribution in [0.2, 0.25) is 0 Å². The Morgan fingerprint density at radius 1 is 0.776 bits per heavy atom. The van der Waals surface area contributed by atoms with E-state index in [0.29, 0.717) is 32.2 Å². The fourth-order valence-electron chi connectivity index (χ4n) is 11.1. The van der Waals surface area contributed by atoms with Gasteiger partial charge in [-0.05, 0) is 62.8 Å². The van der Waals surface area contributed by atoms with Crippen LogP contribution in [0.5, 0.6) is 0 Å². The van der Waals surface area contributed by atoms with Crippen molar-refractivity contribution in [3.05, 3.63) is 0 Å². The van der Waals surface area contributed by atoms with E-state index < -0.39 is 133 Å². The smallest absolute Gasteiger partial charge is 0.351 e. The van der Waals surface area contributed by atoms with Crippen LogP contribution in [0.25, 0.3) is 0 Å². The number of carboxylic acids is 1. The third-order valence-corrected chi connectivity index (χ3v) is 14.4. The summed E-state index contributed by atoms with van der Waals surface area (Å²) < 4.78 is 30.4. The second-order valence-electron chi connectivity index (χ2n) is 17.7. The van der Waals surface area contributed by atoms with E-state index in [4.69, 9.17) is 29.4 Å². The molecular formula is C38H54N2O18. The van der Waals surface area contributed by atoms with Gasteiger partial charge in [0.1, 0.15) is 42.4 Å². The van der Waals surface area contributed by atoms with E-state index in [1.54, 1.807) is 0 Å². The maximum atomic E-state index is 14.3. The third kappa shape index (κ3) is 6.71. The minimum absolute atomic E-state index is 0.00735. The van der Waals surface area contributed by atoms with E-state index in [9.17, 15) is 65.4 Å². The van der Waals surface area contributed by atoms with Crippen molar-refractivity contribution in [1.29, 1.82) is 0 Å². The molecule has 2 spiro atoms. The Bertz CT molecular complexity index is 1670. The first-order valence-corrected chi connectivity index (χ1v) is 20.2. The van der Waals surface area contributed by atoms with Crippen LogP contribution in [0.4, 0.5) is 0 Å². The lowest BCUT2D eigenvalue weighted by Crippen LogP contribution is -2.74. The minimum Gasteiger partial charge on any atom is -0.478 e. The molecule has 7 fully saturated rings. The standard InChI is InChI=1S/C38H54N2O18/c39-23-5-3-15(13-40-23)16-6-9-38(56-22-12-21-25(26(44)24(16)22)19(43)11-20(54-21)14-2-4-17(41)18(42)10-14)32(50)29(47)31(49)37(58-38)8-1-7-36(34(51)52)30(48)27(45)28(46)33(57-36)55-35(37)53/h14-18,20-33,40-42,44-50H,2-6,8-13,39H2,(H,51,52)/t14?,15?,16?,17?,18?,20?,21?,22?,23?,24?,25?,26?,27-,28-,29+,30+,31+,32-,33+,36-,37+,38+/m1/s1. The predicted octanol–water partition coefficient (Wildman–Crippen LogP) is -4.93. The van der Waals surface area contributed by atoms with Gasteiger partial charge in [0, 0.05) is 25.2 Å². The molecule has 58 heavy (non-hydrogen) atoms. The summed E-state index contributed by atoms with van der Waals surface area (Å²) >= 11 is 0. The normalized spacial score (nSPS) is 54.7. The molecule has 2 aliphatic carbocycles. The number of ketones is 1. The number of carbonyl (C=O) groups is 3. The van der Waals surface area contributed by atoms with Gasteiger partial charge in [0.2, 0.25) is 11.9 Å². The number of aliphatic carboxylic acids is 1. The van der Waals surface area contributed by atoms with Gasteiger partial charge in [0.25, 0.3) is 5.60 Å². The number of piperidine rings is 1. The Morgan fingerprint density at radius 3 is 2.21 bits per heavy atom. The van der Waals surface area contributed by atoms with Crippen LogP contribution in [0, 0.1) is 41.4 Å². The average molecular weight is 827 g/mol. The van der Waals surface area contributed by atoms with E-state index in [1.807, 2.05) is 0 Å². The molecule has 0 aromatic rings. The number of hydrogen-bond donors (Lipinski definition) is 12. The van der Waals surface area contributed by atoms with Gasteiger partial charge < -0.3 is 85.8 Å². The lowest BCUT2D eigenvalue weighted by molar-refractivity contribution is -0.401. The number of ether oxygens (including phenoxy) is 5. The van der Waals surface area contributed by atoms with Gasteiger partial charge in [-0.25, -0.2) is 9.59 Å². The van der Waals surface area contributed by atoms with Crippen LogP contribution in [0.3, 0.4) is 0 Å². The van der Waals surface area contributed by atoms with E-state index in [0.717, 1.165) is 0 Å². The number of aliphatic hydroxyl groups excluding tert-OH is 9. The van der Waals surface area contributed by atoms with Gasteiger partial charge in [-0.2, -0.15) is 0 Å². The highest BCUT2D eigenvalue weighted by atomic mass is 16.8. The molecule has 0 radical (unpaired) electrons. The molecule has 8 aliphatic rings. The number of Topliss-reactive ketones (excluding diaryl/α,β-unsaturated/α-hetero) is 1. The van der Waals surface area contributed by atoms with Crippen molar-refractivity contribution in [2.24, 2.45) is 35.3 Å². The lowest BCUT2D eigenvalue weighted by atomic mass is 9.62. The minimum atomic E-state index is -2.92. The molecule has 20 nitrogen and oxygen atoms in total. The Morgan fingerprint density at radius 2 is 1.52 bits per heavy atom.